The number of hydrogen-bond donors (Lipinski definition) is 1. The van der Waals surface area contributed by atoms with Crippen molar-refractivity contribution in [1.29, 1.82) is 0 Å². The first-order chi connectivity index (χ1) is 4.50. The average molecular weight is 244 g/mol. The summed E-state index contributed by atoms with van der Waals surface area (Å²) in [4.78, 5) is 3.48. The summed E-state index contributed by atoms with van der Waals surface area (Å²) in [6, 6.07) is 0. The highest BCUT2D eigenvalue weighted by atomic mass is 79.9. The second-order valence-electron chi connectivity index (χ2n) is 1.41. The summed E-state index contributed by atoms with van der Waals surface area (Å²) in [5.74, 6) is 0. The summed E-state index contributed by atoms with van der Waals surface area (Å²) in [5, 5.41) is 1.48. The van der Waals surface area contributed by atoms with Crippen LogP contribution in [0.15, 0.2) is 14.3 Å². The third-order valence-electron chi connectivity index (χ3n) is 0.676. The van der Waals surface area contributed by atoms with Gasteiger partial charge in [0.05, 0.1) is 0 Å². The minimum absolute atomic E-state index is 0.292. The van der Waals surface area contributed by atoms with Crippen molar-refractivity contribution in [2.24, 2.45) is 0 Å². The normalized spacial score (nSPS) is 11.8. The molecule has 56 valence electrons. The van der Waals surface area contributed by atoms with Crippen molar-refractivity contribution in [2.75, 3.05) is 0 Å². The lowest BCUT2D eigenvalue weighted by molar-refractivity contribution is 0.482. The van der Waals surface area contributed by atoms with E-state index in [2.05, 4.69) is 20.9 Å². The third kappa shape index (κ3) is 1.75. The van der Waals surface area contributed by atoms with Crippen LogP contribution >= 0.6 is 27.3 Å². The first-order valence-corrected chi connectivity index (χ1v) is 5.20. The first kappa shape index (κ1) is 8.12. The van der Waals surface area contributed by atoms with Crippen molar-refractivity contribution < 1.29 is 13.0 Å². The molecule has 0 fully saturated rings. The molecule has 1 rings (SSSR count). The Morgan fingerprint density at radius 1 is 1.70 bits per heavy atom. The predicted octanol–water partition coefficient (Wildman–Crippen LogP) is 1.15. The van der Waals surface area contributed by atoms with Crippen molar-refractivity contribution >= 4 is 37.4 Å². The van der Waals surface area contributed by atoms with Gasteiger partial charge in [0.2, 0.25) is 4.34 Å². The van der Waals surface area contributed by atoms with E-state index in [0.29, 0.717) is 4.60 Å². The van der Waals surface area contributed by atoms with Crippen LogP contribution < -0.4 is 0 Å². The van der Waals surface area contributed by atoms with Crippen molar-refractivity contribution in [3.8, 4) is 0 Å². The van der Waals surface area contributed by atoms with E-state index < -0.39 is 10.1 Å². The fourth-order valence-corrected chi connectivity index (χ4v) is 2.30. The van der Waals surface area contributed by atoms with Gasteiger partial charge >= 0.3 is 10.1 Å². The molecule has 1 N–H and O–H groups in total. The summed E-state index contributed by atoms with van der Waals surface area (Å²) in [7, 11) is -4.10. The second kappa shape index (κ2) is 2.57. The van der Waals surface area contributed by atoms with Gasteiger partial charge in [-0.2, -0.15) is 8.42 Å². The second-order valence-corrected chi connectivity index (χ2v) is 4.68. The summed E-state index contributed by atoms with van der Waals surface area (Å²) < 4.78 is 29.2. The van der Waals surface area contributed by atoms with Crippen LogP contribution in [0, 0.1) is 0 Å². The fraction of sp³-hybridized carbons (Fsp3) is 0. The Balaban J connectivity index is 3.21. The maximum Gasteiger partial charge on any atom is 0.322 e. The first-order valence-electron chi connectivity index (χ1n) is 2.08. The molecule has 0 atom stereocenters. The molecule has 0 radical (unpaired) electrons. The van der Waals surface area contributed by atoms with Gasteiger partial charge in [0.1, 0.15) is 4.60 Å². The maximum atomic E-state index is 10.3. The molecule has 4 nitrogen and oxygen atoms in total. The Morgan fingerprint density at radius 3 is 2.50 bits per heavy atom. The molecule has 0 unspecified atom stereocenters. The molecular weight excluding hydrogens is 242 g/mol. The smallest absolute Gasteiger partial charge is 0.280 e. The molecular formula is C3H2BrNO3S2. The minimum atomic E-state index is -4.10. The fourth-order valence-electron chi connectivity index (χ4n) is 0.357. The molecule has 0 bridgehead atoms. The molecule has 7 heteroatoms. The van der Waals surface area contributed by atoms with Crippen LogP contribution in [0.5, 0.6) is 0 Å². The molecule has 0 saturated heterocycles. The number of halogens is 1. The Bertz CT molecular complexity index is 329. The van der Waals surface area contributed by atoms with Crippen LogP contribution in [0.1, 0.15) is 0 Å². The van der Waals surface area contributed by atoms with Gasteiger partial charge in [-0.3, -0.25) is 4.55 Å². The Labute approximate surface area is 69.8 Å². The van der Waals surface area contributed by atoms with Crippen LogP contribution in [0.4, 0.5) is 0 Å². The lowest BCUT2D eigenvalue weighted by atomic mass is 11.0. The zero-order valence-corrected chi connectivity index (χ0v) is 7.70. The monoisotopic (exact) mass is 243 g/mol. The summed E-state index contributed by atoms with van der Waals surface area (Å²) in [6.07, 6.45) is 0. The number of nitrogens with zero attached hydrogens (tertiary/aromatic N) is 1. The largest absolute Gasteiger partial charge is 0.322 e. The quantitative estimate of drug-likeness (QED) is 0.752. The number of aromatic nitrogens is 1. The highest BCUT2D eigenvalue weighted by Crippen LogP contribution is 2.18. The number of thiazole rings is 1. The topological polar surface area (TPSA) is 67.3 Å². The highest BCUT2D eigenvalue weighted by Gasteiger charge is 2.13. The maximum absolute atomic E-state index is 10.3. The molecule has 0 spiro atoms. The van der Waals surface area contributed by atoms with E-state index >= 15 is 0 Å². The molecule has 0 aliphatic carbocycles. The Hall–Kier alpha value is 0.0200. The van der Waals surface area contributed by atoms with Crippen molar-refractivity contribution in [1.82, 2.24) is 4.98 Å². The van der Waals surface area contributed by atoms with Gasteiger partial charge in [-0.25, -0.2) is 4.98 Å². The standard InChI is InChI=1S/C3H2BrNO3S2/c4-2-1-9-3(5-2)10(6,7)8/h1H,(H,6,7,8). The molecule has 0 aliphatic rings. The van der Waals surface area contributed by atoms with Crippen molar-refractivity contribution in [3.05, 3.63) is 9.98 Å². The third-order valence-corrected chi connectivity index (χ3v) is 3.47. The van der Waals surface area contributed by atoms with Gasteiger partial charge in [0.25, 0.3) is 0 Å². The lowest BCUT2D eigenvalue weighted by Crippen LogP contribution is -1.95. The highest BCUT2D eigenvalue weighted by molar-refractivity contribution is 9.10. The van der Waals surface area contributed by atoms with Crippen LogP contribution in [0.3, 0.4) is 0 Å². The van der Waals surface area contributed by atoms with Gasteiger partial charge in [-0.1, -0.05) is 0 Å². The zero-order chi connectivity index (χ0) is 7.78. The molecule has 0 saturated carbocycles. The van der Waals surface area contributed by atoms with Crippen LogP contribution in [-0.4, -0.2) is 18.0 Å². The van der Waals surface area contributed by atoms with E-state index in [0.717, 1.165) is 11.3 Å². The van der Waals surface area contributed by atoms with E-state index in [1.54, 1.807) is 0 Å². The molecule has 1 aromatic rings. The SMILES string of the molecule is O=S(=O)(O)c1nc(Br)cs1. The van der Waals surface area contributed by atoms with Gasteiger partial charge in [-0.15, -0.1) is 11.3 Å². The molecule has 0 aliphatic heterocycles. The van der Waals surface area contributed by atoms with E-state index in [1.165, 1.54) is 5.38 Å². The predicted molar refractivity (Wildman–Crippen MR) is 39.6 cm³/mol. The molecule has 0 aromatic carbocycles. The van der Waals surface area contributed by atoms with Gasteiger partial charge in [0.15, 0.2) is 0 Å². The van der Waals surface area contributed by atoms with E-state index in [4.69, 9.17) is 4.55 Å². The molecule has 1 heterocycles. The van der Waals surface area contributed by atoms with Gasteiger partial charge in [-0.05, 0) is 15.9 Å². The number of rotatable bonds is 1. The Morgan fingerprint density at radius 2 is 2.30 bits per heavy atom. The van der Waals surface area contributed by atoms with Crippen molar-refractivity contribution in [3.63, 3.8) is 0 Å². The molecule has 10 heavy (non-hydrogen) atoms. The van der Waals surface area contributed by atoms with E-state index in [-0.39, 0.29) is 4.34 Å². The van der Waals surface area contributed by atoms with Gasteiger partial charge in [0, 0.05) is 5.38 Å². The van der Waals surface area contributed by atoms with Gasteiger partial charge < -0.3 is 0 Å². The van der Waals surface area contributed by atoms with E-state index in [1.807, 2.05) is 0 Å². The van der Waals surface area contributed by atoms with Crippen molar-refractivity contribution in [2.45, 2.75) is 4.34 Å². The van der Waals surface area contributed by atoms with Crippen LogP contribution in [-0.2, 0) is 10.1 Å². The lowest BCUT2D eigenvalue weighted by Gasteiger charge is -1.83. The zero-order valence-electron chi connectivity index (χ0n) is 4.48. The summed E-state index contributed by atoms with van der Waals surface area (Å²) >= 11 is 3.81. The average Bonchev–Trinajstić information content (AvgIpc) is 2.11. The summed E-state index contributed by atoms with van der Waals surface area (Å²) in [5.41, 5.74) is 0. The Kier molecular flexibility index (Phi) is 2.09. The van der Waals surface area contributed by atoms with Crippen LogP contribution in [0.25, 0.3) is 0 Å². The van der Waals surface area contributed by atoms with E-state index in [9.17, 15) is 8.42 Å². The minimum Gasteiger partial charge on any atom is -0.280 e. The molecule has 1 aromatic heterocycles. The van der Waals surface area contributed by atoms with Crippen LogP contribution in [0.2, 0.25) is 0 Å². The summed E-state index contributed by atoms with van der Waals surface area (Å²) in [6.45, 7) is 0. The molecule has 0 amide bonds. The number of hydrogen-bond acceptors (Lipinski definition) is 4.